The Hall–Kier alpha value is -0.0800. The zero-order valence-electron chi connectivity index (χ0n) is 16.2. The Morgan fingerprint density at radius 1 is 0.773 bits per heavy atom. The normalized spacial score (nSPS) is 41.2. The third-order valence-corrected chi connectivity index (χ3v) is 6.12. The molecule has 0 aromatic carbocycles. The predicted octanol–water partition coefficient (Wildman–Crippen LogP) is 5.13. The summed E-state index contributed by atoms with van der Waals surface area (Å²) >= 11 is 0. The van der Waals surface area contributed by atoms with Gasteiger partial charge in [0.05, 0.1) is 0 Å². The molecule has 2 nitrogen and oxygen atoms in total. The van der Waals surface area contributed by atoms with Gasteiger partial charge in [0.15, 0.2) is 0 Å². The van der Waals surface area contributed by atoms with Crippen molar-refractivity contribution in [3.8, 4) is 0 Å². The first kappa shape index (κ1) is 20.0. The van der Waals surface area contributed by atoms with Crippen molar-refractivity contribution in [3.63, 3.8) is 0 Å². The summed E-state index contributed by atoms with van der Waals surface area (Å²) in [7, 11) is 0. The second kappa shape index (κ2) is 9.27. The molecule has 2 heteroatoms. The summed E-state index contributed by atoms with van der Waals surface area (Å²) in [6.07, 6.45) is 11.5. The van der Waals surface area contributed by atoms with Crippen LogP contribution in [0.4, 0.5) is 0 Å². The molecule has 22 heavy (non-hydrogen) atoms. The van der Waals surface area contributed by atoms with Crippen LogP contribution in [0.2, 0.25) is 0 Å². The quantitative estimate of drug-likeness (QED) is 0.648. The second-order valence-corrected chi connectivity index (χ2v) is 7.61. The Balaban J connectivity index is 0.000000180. The second-order valence-electron chi connectivity index (χ2n) is 7.61. The smallest absolute Gasteiger partial charge is 0.0181 e. The van der Waals surface area contributed by atoms with Crippen LogP contribution in [0, 0.1) is 11.8 Å². The van der Waals surface area contributed by atoms with E-state index >= 15 is 0 Å². The fourth-order valence-corrected chi connectivity index (χ4v) is 4.81. The van der Waals surface area contributed by atoms with Gasteiger partial charge < -0.3 is 10.6 Å². The molecule has 4 atom stereocenters. The minimum absolute atomic E-state index is 0.545. The van der Waals surface area contributed by atoms with Crippen molar-refractivity contribution in [1.29, 1.82) is 0 Å². The van der Waals surface area contributed by atoms with E-state index in [0.29, 0.717) is 11.1 Å². The summed E-state index contributed by atoms with van der Waals surface area (Å²) in [6, 6.07) is 0. The van der Waals surface area contributed by atoms with Crippen LogP contribution in [0.25, 0.3) is 0 Å². The molecule has 4 rings (SSSR count). The first-order valence-electron chi connectivity index (χ1n) is 10.1. The van der Waals surface area contributed by atoms with Crippen molar-refractivity contribution in [2.45, 2.75) is 104 Å². The lowest BCUT2D eigenvalue weighted by atomic mass is 9.91. The molecule has 2 saturated carbocycles. The van der Waals surface area contributed by atoms with E-state index in [9.17, 15) is 0 Å². The number of nitrogens with one attached hydrogen (secondary N) is 2. The highest BCUT2D eigenvalue weighted by atomic mass is 15.0. The van der Waals surface area contributed by atoms with Crippen molar-refractivity contribution >= 4 is 0 Å². The van der Waals surface area contributed by atoms with Gasteiger partial charge in [-0.25, -0.2) is 0 Å². The molecule has 2 N–H and O–H groups in total. The highest BCUT2D eigenvalue weighted by Gasteiger charge is 2.41. The predicted molar refractivity (Wildman–Crippen MR) is 99.4 cm³/mol. The van der Waals surface area contributed by atoms with Gasteiger partial charge in [-0.1, -0.05) is 34.1 Å². The van der Waals surface area contributed by atoms with Gasteiger partial charge in [-0.3, -0.25) is 0 Å². The van der Waals surface area contributed by atoms with Crippen LogP contribution < -0.4 is 10.6 Å². The first-order chi connectivity index (χ1) is 10.6. The molecule has 2 bridgehead atoms. The number of piperidine rings is 1. The molecule has 132 valence electrons. The third kappa shape index (κ3) is 4.96. The number of hydrogen-bond acceptors (Lipinski definition) is 2. The summed E-state index contributed by atoms with van der Waals surface area (Å²) in [6.45, 7) is 15.3. The zero-order valence-corrected chi connectivity index (χ0v) is 16.2. The van der Waals surface area contributed by atoms with E-state index in [1.54, 1.807) is 0 Å². The maximum absolute atomic E-state index is 3.59. The van der Waals surface area contributed by atoms with Crippen molar-refractivity contribution in [2.24, 2.45) is 11.8 Å². The van der Waals surface area contributed by atoms with Crippen LogP contribution in [0.3, 0.4) is 0 Å². The summed E-state index contributed by atoms with van der Waals surface area (Å²) in [5.74, 6) is 2.08. The van der Waals surface area contributed by atoms with E-state index in [1.807, 2.05) is 27.7 Å². The van der Waals surface area contributed by atoms with Crippen LogP contribution >= 0.6 is 0 Å². The van der Waals surface area contributed by atoms with Gasteiger partial charge in [-0.05, 0) is 83.7 Å². The molecule has 2 saturated heterocycles. The van der Waals surface area contributed by atoms with Crippen molar-refractivity contribution < 1.29 is 0 Å². The fraction of sp³-hybridized carbons (Fsp3) is 1.00. The molecule has 4 fully saturated rings. The van der Waals surface area contributed by atoms with Crippen molar-refractivity contribution in [2.75, 3.05) is 13.1 Å². The lowest BCUT2D eigenvalue weighted by Gasteiger charge is -2.30. The van der Waals surface area contributed by atoms with Crippen molar-refractivity contribution in [1.82, 2.24) is 10.6 Å². The maximum Gasteiger partial charge on any atom is 0.0181 e. The minimum atomic E-state index is 0.545. The van der Waals surface area contributed by atoms with E-state index in [0.717, 1.165) is 11.8 Å². The van der Waals surface area contributed by atoms with Gasteiger partial charge >= 0.3 is 0 Å². The van der Waals surface area contributed by atoms with Gasteiger partial charge in [-0.2, -0.15) is 0 Å². The number of hydrogen-bond donors (Lipinski definition) is 2. The highest BCUT2D eigenvalue weighted by molar-refractivity contribution is 5.00. The first-order valence-corrected chi connectivity index (χ1v) is 10.1. The Labute approximate surface area is 140 Å². The topological polar surface area (TPSA) is 24.1 Å². The van der Waals surface area contributed by atoms with E-state index in [-0.39, 0.29) is 0 Å². The SMILES string of the molecule is CC.CC.CC12CCC(CCN1)C2.CC12CCCC1CCN2. The highest BCUT2D eigenvalue weighted by Crippen LogP contribution is 2.40. The molecule has 4 unspecified atom stereocenters. The zero-order chi connectivity index (χ0) is 16.6. The molecular formula is C20H42N2. The Bertz CT molecular complexity index is 288. The van der Waals surface area contributed by atoms with Crippen LogP contribution in [-0.2, 0) is 0 Å². The Morgan fingerprint density at radius 2 is 1.45 bits per heavy atom. The van der Waals surface area contributed by atoms with Crippen LogP contribution in [0.5, 0.6) is 0 Å². The van der Waals surface area contributed by atoms with Gasteiger partial charge in [-0.15, -0.1) is 0 Å². The fourth-order valence-electron chi connectivity index (χ4n) is 4.81. The molecule has 0 radical (unpaired) electrons. The largest absolute Gasteiger partial charge is 0.311 e. The average Bonchev–Trinajstić information content (AvgIpc) is 3.15. The van der Waals surface area contributed by atoms with E-state index < -0.39 is 0 Å². The van der Waals surface area contributed by atoms with E-state index in [4.69, 9.17) is 0 Å². The Kier molecular flexibility index (Phi) is 8.42. The third-order valence-electron chi connectivity index (χ3n) is 6.12. The van der Waals surface area contributed by atoms with Gasteiger partial charge in [0.25, 0.3) is 0 Å². The van der Waals surface area contributed by atoms with Crippen molar-refractivity contribution in [3.05, 3.63) is 0 Å². The molecule has 2 aliphatic heterocycles. The van der Waals surface area contributed by atoms with Crippen LogP contribution in [0.15, 0.2) is 0 Å². The van der Waals surface area contributed by atoms with E-state index in [1.165, 1.54) is 64.5 Å². The lowest BCUT2D eigenvalue weighted by Crippen LogP contribution is -2.43. The number of fused-ring (bicyclic) bond motifs is 3. The van der Waals surface area contributed by atoms with Gasteiger partial charge in [0.1, 0.15) is 0 Å². The summed E-state index contributed by atoms with van der Waals surface area (Å²) in [4.78, 5) is 0. The lowest BCUT2D eigenvalue weighted by molar-refractivity contribution is 0.294. The maximum atomic E-state index is 3.59. The van der Waals surface area contributed by atoms with Gasteiger partial charge in [0.2, 0.25) is 0 Å². The molecule has 2 heterocycles. The standard InChI is InChI=1S/2C8H15N.2C2H6/c1-8-4-2-7(6-8)3-5-9-8;1-8-5-2-3-7(8)4-6-9-8;2*1-2/h2*7,9H,2-6H2,1H3;2*1-2H3. The number of rotatable bonds is 0. The van der Waals surface area contributed by atoms with Gasteiger partial charge in [0, 0.05) is 11.1 Å². The summed E-state index contributed by atoms with van der Waals surface area (Å²) < 4.78 is 0. The minimum Gasteiger partial charge on any atom is -0.311 e. The molecule has 0 amide bonds. The van der Waals surface area contributed by atoms with E-state index in [2.05, 4.69) is 24.5 Å². The molecule has 0 spiro atoms. The molecule has 2 aliphatic carbocycles. The monoisotopic (exact) mass is 310 g/mol. The van der Waals surface area contributed by atoms with Crippen LogP contribution in [0.1, 0.15) is 92.9 Å². The summed E-state index contributed by atoms with van der Waals surface area (Å²) in [5, 5.41) is 7.18. The molecular weight excluding hydrogens is 268 g/mol. The Morgan fingerprint density at radius 3 is 2.05 bits per heavy atom. The average molecular weight is 311 g/mol. The van der Waals surface area contributed by atoms with Crippen LogP contribution in [-0.4, -0.2) is 24.2 Å². The molecule has 4 aliphatic rings. The summed E-state index contributed by atoms with van der Waals surface area (Å²) in [5.41, 5.74) is 1.10. The molecule has 0 aromatic rings. The molecule has 0 aromatic heterocycles.